The number of hydrogen-bond donors (Lipinski definition) is 1. The topological polar surface area (TPSA) is 41.9 Å². The molecule has 3 aliphatic rings. The van der Waals surface area contributed by atoms with Gasteiger partial charge in [-0.15, -0.1) is 0 Å². The van der Waals surface area contributed by atoms with E-state index in [9.17, 15) is 5.11 Å². The Morgan fingerprint density at radius 2 is 1.84 bits per heavy atom. The molecule has 2 saturated carbocycles. The van der Waals surface area contributed by atoms with Crippen LogP contribution in [0.5, 0.6) is 17.2 Å². The lowest BCUT2D eigenvalue weighted by Gasteiger charge is -2.53. The Hall–Kier alpha value is -2.20. The maximum atomic E-state index is 10.0. The van der Waals surface area contributed by atoms with E-state index in [1.807, 2.05) is 12.1 Å². The fourth-order valence-electron chi connectivity index (χ4n) is 8.49. The second-order valence-corrected chi connectivity index (χ2v) is 12.3. The van der Waals surface area contributed by atoms with Crippen molar-refractivity contribution in [3.05, 3.63) is 53.1 Å². The first-order valence-electron chi connectivity index (χ1n) is 14.7. The van der Waals surface area contributed by atoms with Crippen LogP contribution in [0.25, 0.3) is 0 Å². The van der Waals surface area contributed by atoms with Crippen LogP contribution < -0.4 is 9.47 Å². The van der Waals surface area contributed by atoms with Gasteiger partial charge < -0.3 is 14.6 Å². The number of benzene rings is 2. The number of phenolic OH excluding ortho intramolecular Hbond substituents is 1. The third-order valence-electron chi connectivity index (χ3n) is 10.5. The van der Waals surface area contributed by atoms with Crippen molar-refractivity contribution in [1.82, 2.24) is 4.90 Å². The third-order valence-corrected chi connectivity index (χ3v) is 10.5. The molecule has 0 aromatic heterocycles. The third kappa shape index (κ3) is 4.99. The minimum absolute atomic E-state index is 0.408. The zero-order valence-electron chi connectivity index (χ0n) is 23.6. The van der Waals surface area contributed by atoms with E-state index in [-0.39, 0.29) is 0 Å². The van der Waals surface area contributed by atoms with Gasteiger partial charge in [0.2, 0.25) is 0 Å². The van der Waals surface area contributed by atoms with Crippen molar-refractivity contribution >= 4 is 0 Å². The Kier molecular flexibility index (Phi) is 7.77. The fraction of sp³-hybridized carbons (Fsp3) is 0.636. The summed E-state index contributed by atoms with van der Waals surface area (Å²) in [6.45, 7) is 13.3. The highest BCUT2D eigenvalue weighted by molar-refractivity contribution is 5.43. The number of hydrogen-bond acceptors (Lipinski definition) is 4. The van der Waals surface area contributed by atoms with Crippen molar-refractivity contribution < 1.29 is 14.6 Å². The molecule has 4 heteroatoms. The van der Waals surface area contributed by atoms with E-state index in [4.69, 9.17) is 9.47 Å². The largest absolute Gasteiger partial charge is 0.508 e. The molecule has 6 atom stereocenters. The summed E-state index contributed by atoms with van der Waals surface area (Å²) in [5, 5.41) is 10.0. The first-order chi connectivity index (χ1) is 17.9. The number of fused-ring (bicyclic) bond motifs is 5. The molecule has 0 saturated heterocycles. The second kappa shape index (κ2) is 10.9. The Morgan fingerprint density at radius 3 is 2.59 bits per heavy atom. The summed E-state index contributed by atoms with van der Waals surface area (Å²) in [6, 6.07) is 12.6. The van der Waals surface area contributed by atoms with Crippen LogP contribution in [0.15, 0.2) is 36.4 Å². The first-order valence-corrected chi connectivity index (χ1v) is 14.7. The molecule has 0 aliphatic heterocycles. The molecule has 3 aliphatic carbocycles. The van der Waals surface area contributed by atoms with Crippen LogP contribution in [0.1, 0.15) is 82.4 Å². The Balaban J connectivity index is 1.23. The molecular weight excluding hydrogens is 458 g/mol. The lowest BCUT2D eigenvalue weighted by molar-refractivity contribution is 0.000862. The van der Waals surface area contributed by atoms with Gasteiger partial charge in [-0.2, -0.15) is 0 Å². The van der Waals surface area contributed by atoms with Crippen molar-refractivity contribution in [3.8, 4) is 17.2 Å². The molecule has 37 heavy (non-hydrogen) atoms. The molecule has 2 aromatic carbocycles. The molecule has 0 bridgehead atoms. The van der Waals surface area contributed by atoms with Gasteiger partial charge in [0.1, 0.15) is 5.75 Å². The van der Waals surface area contributed by atoms with E-state index in [0.29, 0.717) is 23.0 Å². The van der Waals surface area contributed by atoms with Crippen LogP contribution in [0.3, 0.4) is 0 Å². The van der Waals surface area contributed by atoms with E-state index >= 15 is 0 Å². The Bertz CT molecular complexity index is 1080. The predicted molar refractivity (Wildman–Crippen MR) is 150 cm³/mol. The van der Waals surface area contributed by atoms with E-state index in [0.717, 1.165) is 68.3 Å². The normalized spacial score (nSPS) is 30.5. The molecular formula is C33H47NO3. The Labute approximate surface area is 224 Å². The lowest BCUT2D eigenvalue weighted by Crippen LogP contribution is -2.45. The van der Waals surface area contributed by atoms with Crippen molar-refractivity contribution in [1.29, 1.82) is 0 Å². The monoisotopic (exact) mass is 505 g/mol. The van der Waals surface area contributed by atoms with Gasteiger partial charge >= 0.3 is 0 Å². The summed E-state index contributed by atoms with van der Waals surface area (Å²) in [4.78, 5) is 2.41. The average molecular weight is 506 g/mol. The predicted octanol–water partition coefficient (Wildman–Crippen LogP) is 7.43. The van der Waals surface area contributed by atoms with Gasteiger partial charge in [0.05, 0.1) is 13.7 Å². The van der Waals surface area contributed by atoms with E-state index < -0.39 is 0 Å². The van der Waals surface area contributed by atoms with E-state index in [1.165, 1.54) is 42.4 Å². The molecule has 2 aromatic rings. The highest BCUT2D eigenvalue weighted by atomic mass is 16.5. The van der Waals surface area contributed by atoms with Crippen molar-refractivity contribution in [3.63, 3.8) is 0 Å². The highest BCUT2D eigenvalue weighted by Gasteiger charge is 2.55. The molecule has 2 fully saturated rings. The number of ether oxygens (including phenoxy) is 2. The SMILES string of the molecule is CCN(CC)Cc1ccc(OCC[C@@H]2CCC3C4C(CCC32C)c2ccc(O)cc2C[C@@H]4C)c(OC)c1. The molecule has 1 N–H and O–H groups in total. The number of methoxy groups -OCH3 is 1. The number of nitrogens with zero attached hydrogens (tertiary/aromatic N) is 1. The minimum atomic E-state index is 0.408. The molecule has 0 amide bonds. The molecule has 202 valence electrons. The lowest BCUT2D eigenvalue weighted by atomic mass is 9.51. The summed E-state index contributed by atoms with van der Waals surface area (Å²) in [6.07, 6.45) is 7.48. The van der Waals surface area contributed by atoms with E-state index in [2.05, 4.69) is 56.9 Å². The molecule has 0 spiro atoms. The van der Waals surface area contributed by atoms with Gasteiger partial charge in [-0.3, -0.25) is 4.90 Å². The molecule has 4 unspecified atom stereocenters. The van der Waals surface area contributed by atoms with Gasteiger partial charge in [-0.1, -0.05) is 39.8 Å². The standard InChI is InChI=1S/C33H47NO3/c1-6-34(7-2)21-23-8-13-30(31(19-23)36-5)37-17-15-25-9-12-29-32-22(3)18-24-20-26(35)10-11-27(24)28(32)14-16-33(25,29)4/h8,10-11,13,19-20,22,25,28-29,32,35H,6-7,9,12,14-18,21H2,1-5H3/t22-,25-,28?,29?,32?,33?/m0/s1. The van der Waals surface area contributed by atoms with Crippen molar-refractivity contribution in [2.75, 3.05) is 26.8 Å². The summed E-state index contributed by atoms with van der Waals surface area (Å²) >= 11 is 0. The maximum absolute atomic E-state index is 10.0. The zero-order chi connectivity index (χ0) is 26.2. The molecule has 0 radical (unpaired) electrons. The van der Waals surface area contributed by atoms with Gasteiger partial charge in [0, 0.05) is 6.54 Å². The smallest absolute Gasteiger partial charge is 0.161 e. The van der Waals surface area contributed by atoms with Gasteiger partial charge in [0.15, 0.2) is 11.5 Å². The highest BCUT2D eigenvalue weighted by Crippen LogP contribution is 2.64. The first kappa shape index (κ1) is 26.4. The summed E-state index contributed by atoms with van der Waals surface area (Å²) in [7, 11) is 1.75. The van der Waals surface area contributed by atoms with E-state index in [1.54, 1.807) is 7.11 Å². The number of aromatic hydroxyl groups is 1. The Morgan fingerprint density at radius 1 is 1.03 bits per heavy atom. The maximum Gasteiger partial charge on any atom is 0.161 e. The number of rotatable bonds is 9. The summed E-state index contributed by atoms with van der Waals surface area (Å²) < 4.78 is 12.1. The quantitative estimate of drug-likeness (QED) is 0.385. The van der Waals surface area contributed by atoms with Crippen molar-refractivity contribution in [2.24, 2.45) is 29.1 Å². The second-order valence-electron chi connectivity index (χ2n) is 12.3. The van der Waals surface area contributed by atoms with Gasteiger partial charge in [-0.25, -0.2) is 0 Å². The fourth-order valence-corrected chi connectivity index (χ4v) is 8.49. The van der Waals surface area contributed by atoms with Crippen LogP contribution in [-0.2, 0) is 13.0 Å². The van der Waals surface area contributed by atoms with Crippen LogP contribution >= 0.6 is 0 Å². The van der Waals surface area contributed by atoms with Crippen LogP contribution in [0.2, 0.25) is 0 Å². The van der Waals surface area contributed by atoms with Gasteiger partial charge in [0.25, 0.3) is 0 Å². The minimum Gasteiger partial charge on any atom is -0.508 e. The van der Waals surface area contributed by atoms with Crippen LogP contribution in [0.4, 0.5) is 0 Å². The van der Waals surface area contributed by atoms with Gasteiger partial charge in [-0.05, 0) is 128 Å². The molecule has 0 heterocycles. The van der Waals surface area contributed by atoms with Crippen molar-refractivity contribution in [2.45, 2.75) is 78.7 Å². The average Bonchev–Trinajstić information content (AvgIpc) is 3.23. The number of phenols is 1. The van der Waals surface area contributed by atoms with Crippen LogP contribution in [0, 0.1) is 29.1 Å². The summed E-state index contributed by atoms with van der Waals surface area (Å²) in [5.41, 5.74) is 4.59. The van der Waals surface area contributed by atoms with Crippen LogP contribution in [-0.4, -0.2) is 36.8 Å². The molecule has 5 rings (SSSR count). The summed E-state index contributed by atoms with van der Waals surface area (Å²) in [5.74, 6) is 5.75. The zero-order valence-corrected chi connectivity index (χ0v) is 23.6. The molecule has 4 nitrogen and oxygen atoms in total.